The van der Waals surface area contributed by atoms with Gasteiger partial charge in [-0.3, -0.25) is 9.59 Å². The Labute approximate surface area is 181 Å². The number of carbonyl (C=O) groups is 2. The number of rotatable bonds is 9. The average molecular weight is 426 g/mol. The number of allylic oxidation sites excluding steroid dienone is 1. The second kappa shape index (κ2) is 9.53. The fourth-order valence-corrected chi connectivity index (χ4v) is 3.53. The summed E-state index contributed by atoms with van der Waals surface area (Å²) in [5.74, 6) is -0.326. The van der Waals surface area contributed by atoms with E-state index in [-0.39, 0.29) is 5.57 Å². The van der Waals surface area contributed by atoms with Gasteiger partial charge in [0, 0.05) is 18.7 Å². The van der Waals surface area contributed by atoms with Gasteiger partial charge in [0.25, 0.3) is 5.91 Å². The molecule has 0 saturated carbocycles. The molecule has 0 unspecified atom stereocenters. The van der Waals surface area contributed by atoms with Crippen molar-refractivity contribution in [2.24, 2.45) is 0 Å². The summed E-state index contributed by atoms with van der Waals surface area (Å²) in [6, 6.07) is 7.80. The fraction of sp³-hybridized carbons (Fsp3) is 0.304. The molecule has 0 aliphatic carbocycles. The number of carbonyl (C=O) groups excluding carboxylic acids is 2. The summed E-state index contributed by atoms with van der Waals surface area (Å²) in [5.41, 5.74) is 0.533. The zero-order valence-corrected chi connectivity index (χ0v) is 18.0. The van der Waals surface area contributed by atoms with E-state index in [0.29, 0.717) is 35.9 Å². The number of methoxy groups -OCH3 is 2. The van der Waals surface area contributed by atoms with Crippen molar-refractivity contribution in [1.29, 1.82) is 0 Å². The molecule has 2 aromatic rings. The molecule has 0 radical (unpaired) electrons. The van der Waals surface area contributed by atoms with Gasteiger partial charge in [-0.1, -0.05) is 12.1 Å². The van der Waals surface area contributed by atoms with Crippen LogP contribution in [0.1, 0.15) is 17.4 Å². The molecule has 1 aliphatic heterocycles. The van der Waals surface area contributed by atoms with Crippen LogP contribution >= 0.6 is 0 Å². The molecule has 3 rings (SSSR count). The maximum absolute atomic E-state index is 13.1. The normalized spacial score (nSPS) is 16.6. The highest BCUT2D eigenvalue weighted by molar-refractivity contribution is 6.14. The van der Waals surface area contributed by atoms with E-state index in [2.05, 4.69) is 0 Å². The van der Waals surface area contributed by atoms with Crippen LogP contribution in [-0.2, 0) is 9.59 Å². The Hall–Kier alpha value is -3.52. The van der Waals surface area contributed by atoms with E-state index in [1.165, 1.54) is 37.5 Å². The minimum atomic E-state index is -0.828. The van der Waals surface area contributed by atoms with Crippen molar-refractivity contribution in [2.45, 2.75) is 6.04 Å². The van der Waals surface area contributed by atoms with Crippen LogP contribution in [0.25, 0.3) is 6.08 Å². The van der Waals surface area contributed by atoms with Crippen molar-refractivity contribution in [1.82, 2.24) is 9.80 Å². The van der Waals surface area contributed by atoms with E-state index in [9.17, 15) is 14.7 Å². The number of hydrogen-bond acceptors (Lipinski definition) is 7. The number of aliphatic hydroxyl groups is 1. The number of ketones is 1. The monoisotopic (exact) mass is 426 g/mol. The van der Waals surface area contributed by atoms with Crippen LogP contribution in [-0.4, -0.2) is 68.0 Å². The third-order valence-electron chi connectivity index (χ3n) is 5.03. The Bertz CT molecular complexity index is 1010. The number of hydrogen-bond donors (Lipinski definition) is 1. The molecule has 0 saturated heterocycles. The molecular formula is C23H26N2O6. The maximum Gasteiger partial charge on any atom is 0.290 e. The lowest BCUT2D eigenvalue weighted by atomic mass is 9.94. The van der Waals surface area contributed by atoms with Gasteiger partial charge in [0.2, 0.25) is 0 Å². The van der Waals surface area contributed by atoms with Gasteiger partial charge in [-0.15, -0.1) is 0 Å². The Morgan fingerprint density at radius 2 is 2.00 bits per heavy atom. The number of para-hydroxylation sites is 1. The Kier molecular flexibility index (Phi) is 6.81. The molecule has 0 spiro atoms. The number of benzene rings is 1. The lowest BCUT2D eigenvalue weighted by molar-refractivity contribution is -0.129. The molecule has 1 aromatic heterocycles. The number of amides is 1. The molecule has 8 heteroatoms. The third kappa shape index (κ3) is 4.49. The summed E-state index contributed by atoms with van der Waals surface area (Å²) in [7, 11) is 6.77. The Morgan fingerprint density at radius 1 is 1.23 bits per heavy atom. The van der Waals surface area contributed by atoms with Gasteiger partial charge in [0.1, 0.15) is 5.76 Å². The zero-order chi connectivity index (χ0) is 22.5. The van der Waals surface area contributed by atoms with Gasteiger partial charge < -0.3 is 28.8 Å². The number of aliphatic hydroxyl groups excluding tert-OH is 1. The second-order valence-electron chi connectivity index (χ2n) is 7.26. The molecule has 1 amide bonds. The standard InChI is InChI=1S/C23H26N2O6/c1-24(2)12-13-25-20(16-8-5-9-18(29-3)22(16)30-4)19(21(27)23(25)28)17(26)11-10-15-7-6-14-31-15/h5-11,14,20,27H,12-13H2,1-4H3/b11-10+/t20-/m0/s1. The first-order valence-corrected chi connectivity index (χ1v) is 9.74. The summed E-state index contributed by atoms with van der Waals surface area (Å²) < 4.78 is 16.2. The van der Waals surface area contributed by atoms with Crippen molar-refractivity contribution in [3.8, 4) is 11.5 Å². The number of nitrogens with zero attached hydrogens (tertiary/aromatic N) is 2. The van der Waals surface area contributed by atoms with E-state index in [1.54, 1.807) is 30.3 Å². The summed E-state index contributed by atoms with van der Waals surface area (Å²) >= 11 is 0. The first kappa shape index (κ1) is 22.2. The molecule has 1 aromatic carbocycles. The van der Waals surface area contributed by atoms with Crippen molar-refractivity contribution in [3.05, 3.63) is 65.3 Å². The smallest absolute Gasteiger partial charge is 0.290 e. The SMILES string of the molecule is COc1cccc([C@H]2C(C(=O)/C=C/c3ccco3)=C(O)C(=O)N2CCN(C)C)c1OC. The molecule has 31 heavy (non-hydrogen) atoms. The van der Waals surface area contributed by atoms with Gasteiger partial charge in [-0.2, -0.15) is 0 Å². The van der Waals surface area contributed by atoms with Crippen LogP contribution in [0, 0.1) is 0 Å². The highest BCUT2D eigenvalue weighted by Crippen LogP contribution is 2.44. The van der Waals surface area contributed by atoms with Gasteiger partial charge in [0.05, 0.1) is 32.1 Å². The second-order valence-corrected chi connectivity index (χ2v) is 7.26. The van der Waals surface area contributed by atoms with E-state index in [1.807, 2.05) is 19.0 Å². The molecule has 1 aliphatic rings. The Morgan fingerprint density at radius 3 is 2.61 bits per heavy atom. The van der Waals surface area contributed by atoms with Crippen molar-refractivity contribution in [2.75, 3.05) is 41.4 Å². The minimum absolute atomic E-state index is 0.0156. The number of likely N-dealkylation sites (N-methyl/N-ethyl adjacent to an activating group) is 1. The van der Waals surface area contributed by atoms with Crippen molar-refractivity contribution in [3.63, 3.8) is 0 Å². The zero-order valence-electron chi connectivity index (χ0n) is 18.0. The lowest BCUT2D eigenvalue weighted by Crippen LogP contribution is -2.36. The highest BCUT2D eigenvalue weighted by atomic mass is 16.5. The van der Waals surface area contributed by atoms with Gasteiger partial charge in [-0.05, 0) is 44.4 Å². The van der Waals surface area contributed by atoms with Crippen LogP contribution in [0.4, 0.5) is 0 Å². The topological polar surface area (TPSA) is 92.5 Å². The van der Waals surface area contributed by atoms with E-state index >= 15 is 0 Å². The van der Waals surface area contributed by atoms with Crippen molar-refractivity contribution < 1.29 is 28.6 Å². The first-order valence-electron chi connectivity index (χ1n) is 9.74. The lowest BCUT2D eigenvalue weighted by Gasteiger charge is -2.29. The average Bonchev–Trinajstić information content (AvgIpc) is 3.36. The molecule has 164 valence electrons. The van der Waals surface area contributed by atoms with Gasteiger partial charge in [-0.25, -0.2) is 0 Å². The van der Waals surface area contributed by atoms with Crippen LogP contribution in [0.2, 0.25) is 0 Å². The maximum atomic E-state index is 13.1. The predicted molar refractivity (Wildman–Crippen MR) is 115 cm³/mol. The number of ether oxygens (including phenoxy) is 2. The highest BCUT2D eigenvalue weighted by Gasteiger charge is 2.44. The van der Waals surface area contributed by atoms with Gasteiger partial charge in [0.15, 0.2) is 23.0 Å². The largest absolute Gasteiger partial charge is 0.503 e. The molecule has 0 fully saturated rings. The molecule has 1 atom stereocenters. The summed E-state index contributed by atoms with van der Waals surface area (Å²) in [6.07, 6.45) is 4.27. The third-order valence-corrected chi connectivity index (χ3v) is 5.03. The number of furan rings is 1. The van der Waals surface area contributed by atoms with Crippen LogP contribution in [0.3, 0.4) is 0 Å². The van der Waals surface area contributed by atoms with E-state index in [0.717, 1.165) is 0 Å². The summed E-state index contributed by atoms with van der Waals surface area (Å²) in [6.45, 7) is 0.852. The summed E-state index contributed by atoms with van der Waals surface area (Å²) in [4.78, 5) is 29.4. The van der Waals surface area contributed by atoms with Crippen LogP contribution in [0.15, 0.2) is 58.4 Å². The quantitative estimate of drug-likeness (QED) is 0.617. The summed E-state index contributed by atoms with van der Waals surface area (Å²) in [5, 5.41) is 10.7. The molecule has 8 nitrogen and oxygen atoms in total. The fourth-order valence-electron chi connectivity index (χ4n) is 3.53. The first-order chi connectivity index (χ1) is 14.9. The predicted octanol–water partition coefficient (Wildman–Crippen LogP) is 2.84. The molecule has 0 bridgehead atoms. The van der Waals surface area contributed by atoms with E-state index in [4.69, 9.17) is 13.9 Å². The van der Waals surface area contributed by atoms with Gasteiger partial charge >= 0.3 is 0 Å². The minimum Gasteiger partial charge on any atom is -0.503 e. The van der Waals surface area contributed by atoms with Crippen LogP contribution in [0.5, 0.6) is 11.5 Å². The molecular weight excluding hydrogens is 400 g/mol. The molecule has 2 heterocycles. The van der Waals surface area contributed by atoms with Crippen LogP contribution < -0.4 is 9.47 Å². The Balaban J connectivity index is 2.08. The van der Waals surface area contributed by atoms with Crippen molar-refractivity contribution >= 4 is 17.8 Å². The molecule has 1 N–H and O–H groups in total. The van der Waals surface area contributed by atoms with E-state index < -0.39 is 23.5 Å².